The second-order valence-corrected chi connectivity index (χ2v) is 28.7. The van der Waals surface area contributed by atoms with E-state index in [0.29, 0.717) is 25.7 Å². The Morgan fingerprint density at radius 2 is 0.539 bits per heavy atom. The van der Waals surface area contributed by atoms with Crippen LogP contribution in [0.5, 0.6) is 0 Å². The molecule has 89 heavy (non-hydrogen) atoms. The van der Waals surface area contributed by atoms with Crippen LogP contribution in [-0.2, 0) is 65.4 Å². The Labute approximate surface area is 543 Å². The van der Waals surface area contributed by atoms with Gasteiger partial charge in [0.2, 0.25) is 0 Å². The molecule has 528 valence electrons. The Balaban J connectivity index is 5.20. The highest BCUT2D eigenvalue weighted by molar-refractivity contribution is 7.47. The van der Waals surface area contributed by atoms with Gasteiger partial charge in [-0.15, -0.1) is 0 Å². The average molecular weight is 1310 g/mol. The molecule has 0 saturated carbocycles. The number of esters is 4. The van der Waals surface area contributed by atoms with E-state index in [1.165, 1.54) is 161 Å². The van der Waals surface area contributed by atoms with E-state index in [9.17, 15) is 43.2 Å². The first kappa shape index (κ1) is 87.1. The number of hydrogen-bond acceptors (Lipinski definition) is 15. The van der Waals surface area contributed by atoms with E-state index in [1.54, 1.807) is 0 Å². The van der Waals surface area contributed by atoms with Gasteiger partial charge in [-0.25, -0.2) is 9.13 Å². The molecule has 0 spiro atoms. The SMILES string of the molecule is CCCCCCCCCCCCCCCCCCCCC(=O)O[C@H](COC(=O)CCCCCCCCCCC(C)CC)COP(=O)(O)OC[C@@H](O)COP(=O)(O)OC[C@@H](COC(=O)CCCCCCCCC)OC(=O)CCCCCCCCCCC(C)CC. The lowest BCUT2D eigenvalue weighted by molar-refractivity contribution is -0.161. The predicted octanol–water partition coefficient (Wildman–Crippen LogP) is 20.0. The summed E-state index contributed by atoms with van der Waals surface area (Å²) >= 11 is 0. The van der Waals surface area contributed by atoms with Crippen LogP contribution >= 0.6 is 15.6 Å². The van der Waals surface area contributed by atoms with Crippen LogP contribution in [0.25, 0.3) is 0 Å². The summed E-state index contributed by atoms with van der Waals surface area (Å²) in [6.45, 7) is 9.51. The predicted molar refractivity (Wildman–Crippen MR) is 358 cm³/mol. The van der Waals surface area contributed by atoms with Crippen LogP contribution < -0.4 is 0 Å². The van der Waals surface area contributed by atoms with Gasteiger partial charge in [-0.3, -0.25) is 37.3 Å². The van der Waals surface area contributed by atoms with Crippen LogP contribution in [0, 0.1) is 11.8 Å². The quantitative estimate of drug-likeness (QED) is 0.0222. The first-order valence-corrected chi connectivity index (χ1v) is 39.6. The zero-order valence-corrected chi connectivity index (χ0v) is 59.5. The third kappa shape index (κ3) is 62.0. The summed E-state index contributed by atoms with van der Waals surface area (Å²) in [5, 5.41) is 10.6. The maximum Gasteiger partial charge on any atom is 0.472 e. The molecule has 0 amide bonds. The zero-order chi connectivity index (χ0) is 65.7. The standard InChI is InChI=1S/C70H136O17P2/c1-7-11-13-15-17-18-19-20-21-22-23-24-25-26-27-36-42-48-54-69(74)86-66(59-81-68(73)53-47-41-35-30-28-33-38-44-50-62(5)9-3)61-85-89(78,79)83-57-64(71)56-82-88(76,77)84-60-65(58-80-67(72)52-46-40-32-16-14-12-8-2)87-70(75)55-49-43-37-31-29-34-39-45-51-63(6)10-4/h62-66,71H,7-61H2,1-6H3,(H,76,77)(H,78,79)/t62?,63?,64-,65+,66+/m0/s1. The molecule has 0 aliphatic rings. The van der Waals surface area contributed by atoms with E-state index in [2.05, 4.69) is 41.5 Å². The molecule has 17 nitrogen and oxygen atoms in total. The summed E-state index contributed by atoms with van der Waals surface area (Å²) in [6.07, 6.45) is 47.3. The lowest BCUT2D eigenvalue weighted by Gasteiger charge is -2.21. The number of ether oxygens (including phenoxy) is 4. The smallest absolute Gasteiger partial charge is 0.462 e. The van der Waals surface area contributed by atoms with Gasteiger partial charge in [0.1, 0.15) is 19.3 Å². The molecule has 0 bridgehead atoms. The third-order valence-corrected chi connectivity index (χ3v) is 18.8. The second kappa shape index (κ2) is 62.2. The molecule has 0 rings (SSSR count). The number of hydrogen-bond donors (Lipinski definition) is 3. The minimum absolute atomic E-state index is 0.105. The van der Waals surface area contributed by atoms with Crippen molar-refractivity contribution in [1.82, 2.24) is 0 Å². The van der Waals surface area contributed by atoms with E-state index >= 15 is 0 Å². The number of phosphoric acid groups is 2. The van der Waals surface area contributed by atoms with E-state index in [1.807, 2.05) is 0 Å². The van der Waals surface area contributed by atoms with E-state index < -0.39 is 97.5 Å². The van der Waals surface area contributed by atoms with Gasteiger partial charge < -0.3 is 33.8 Å². The van der Waals surface area contributed by atoms with E-state index in [4.69, 9.17) is 37.0 Å². The van der Waals surface area contributed by atoms with Crippen molar-refractivity contribution in [3.8, 4) is 0 Å². The van der Waals surface area contributed by atoms with Crippen molar-refractivity contribution >= 4 is 39.5 Å². The molecule has 0 aliphatic carbocycles. The van der Waals surface area contributed by atoms with Crippen LogP contribution in [0.2, 0.25) is 0 Å². The lowest BCUT2D eigenvalue weighted by Crippen LogP contribution is -2.30. The molecule has 0 heterocycles. The fourth-order valence-corrected chi connectivity index (χ4v) is 12.1. The normalized spacial score (nSPS) is 14.8. The van der Waals surface area contributed by atoms with Crippen molar-refractivity contribution in [2.75, 3.05) is 39.6 Å². The number of phosphoric ester groups is 2. The minimum Gasteiger partial charge on any atom is -0.462 e. The van der Waals surface area contributed by atoms with Gasteiger partial charge >= 0.3 is 39.5 Å². The Morgan fingerprint density at radius 1 is 0.315 bits per heavy atom. The molecule has 0 radical (unpaired) electrons. The van der Waals surface area contributed by atoms with Gasteiger partial charge in [-0.2, -0.15) is 0 Å². The van der Waals surface area contributed by atoms with Gasteiger partial charge in [-0.05, 0) is 37.5 Å². The molecule has 0 aromatic rings. The highest BCUT2D eigenvalue weighted by Gasteiger charge is 2.30. The van der Waals surface area contributed by atoms with Gasteiger partial charge in [-0.1, -0.05) is 305 Å². The number of aliphatic hydroxyl groups is 1. The minimum atomic E-state index is -4.95. The molecule has 0 aliphatic heterocycles. The molecule has 0 saturated heterocycles. The third-order valence-electron chi connectivity index (χ3n) is 16.9. The maximum atomic E-state index is 13.0. The van der Waals surface area contributed by atoms with Gasteiger partial charge in [0, 0.05) is 25.7 Å². The number of carbonyl (C=O) groups excluding carboxylic acids is 4. The van der Waals surface area contributed by atoms with Crippen molar-refractivity contribution < 1.29 is 80.2 Å². The summed E-state index contributed by atoms with van der Waals surface area (Å²) in [4.78, 5) is 72.4. The van der Waals surface area contributed by atoms with E-state index in [-0.39, 0.29) is 25.7 Å². The summed E-state index contributed by atoms with van der Waals surface area (Å²) in [5.74, 6) is -0.583. The highest BCUT2D eigenvalue weighted by Crippen LogP contribution is 2.45. The molecule has 3 N–H and O–H groups in total. The van der Waals surface area contributed by atoms with Crippen LogP contribution in [0.1, 0.15) is 356 Å². The molecule has 4 unspecified atom stereocenters. The van der Waals surface area contributed by atoms with Crippen molar-refractivity contribution in [3.05, 3.63) is 0 Å². The van der Waals surface area contributed by atoms with Gasteiger partial charge in [0.05, 0.1) is 26.4 Å². The van der Waals surface area contributed by atoms with Gasteiger partial charge in [0.15, 0.2) is 12.2 Å². The van der Waals surface area contributed by atoms with Crippen LogP contribution in [0.4, 0.5) is 0 Å². The van der Waals surface area contributed by atoms with Crippen LogP contribution in [0.15, 0.2) is 0 Å². The van der Waals surface area contributed by atoms with Crippen molar-refractivity contribution in [2.24, 2.45) is 11.8 Å². The van der Waals surface area contributed by atoms with E-state index in [0.717, 1.165) is 115 Å². The summed E-state index contributed by atoms with van der Waals surface area (Å²) in [5.41, 5.74) is 0. The monoisotopic (exact) mass is 1310 g/mol. The summed E-state index contributed by atoms with van der Waals surface area (Å²) in [7, 11) is -9.90. The fraction of sp³-hybridized carbons (Fsp3) is 0.943. The molecular formula is C70H136O17P2. The van der Waals surface area contributed by atoms with Crippen molar-refractivity contribution in [2.45, 2.75) is 374 Å². The zero-order valence-electron chi connectivity index (χ0n) is 57.7. The van der Waals surface area contributed by atoms with Crippen molar-refractivity contribution in [1.29, 1.82) is 0 Å². The molecule has 0 aromatic heterocycles. The molecule has 0 fully saturated rings. The second-order valence-electron chi connectivity index (χ2n) is 25.8. The summed E-state index contributed by atoms with van der Waals surface area (Å²) in [6, 6.07) is 0. The van der Waals surface area contributed by atoms with Crippen LogP contribution in [0.3, 0.4) is 0 Å². The Kier molecular flexibility index (Phi) is 60.8. The number of unbranched alkanes of at least 4 members (excludes halogenated alkanes) is 37. The number of aliphatic hydroxyl groups excluding tert-OH is 1. The summed E-state index contributed by atoms with van der Waals surface area (Å²) < 4.78 is 68.2. The molecule has 7 atom stereocenters. The number of rotatable bonds is 69. The average Bonchev–Trinajstić information content (AvgIpc) is 3.59. The Hall–Kier alpha value is -1.94. The Bertz CT molecular complexity index is 1740. The molecule has 0 aromatic carbocycles. The Morgan fingerprint density at radius 3 is 0.798 bits per heavy atom. The first-order valence-electron chi connectivity index (χ1n) is 36.6. The molecular weight excluding hydrogens is 1170 g/mol. The fourth-order valence-electron chi connectivity index (χ4n) is 10.5. The van der Waals surface area contributed by atoms with Crippen molar-refractivity contribution in [3.63, 3.8) is 0 Å². The van der Waals surface area contributed by atoms with Gasteiger partial charge in [0.25, 0.3) is 0 Å². The topological polar surface area (TPSA) is 237 Å². The number of carbonyl (C=O) groups is 4. The lowest BCUT2D eigenvalue weighted by atomic mass is 9.99. The first-order chi connectivity index (χ1) is 42.9. The molecule has 19 heteroatoms. The highest BCUT2D eigenvalue weighted by atomic mass is 31.2. The largest absolute Gasteiger partial charge is 0.472 e. The van der Waals surface area contributed by atoms with Crippen LogP contribution in [-0.4, -0.2) is 96.7 Å². The maximum absolute atomic E-state index is 13.0.